The van der Waals surface area contributed by atoms with Gasteiger partial charge in [0.25, 0.3) is 0 Å². The molecule has 0 amide bonds. The number of hydrogen-bond acceptors (Lipinski definition) is 2. The van der Waals surface area contributed by atoms with Crippen LogP contribution in [-0.2, 0) is 0 Å². The summed E-state index contributed by atoms with van der Waals surface area (Å²) in [5.41, 5.74) is 1.28. The van der Waals surface area contributed by atoms with Crippen LogP contribution >= 0.6 is 11.6 Å². The lowest BCUT2D eigenvalue weighted by Crippen LogP contribution is -2.56. The Morgan fingerprint density at radius 3 is 2.85 bits per heavy atom. The third-order valence-electron chi connectivity index (χ3n) is 5.16. The van der Waals surface area contributed by atoms with Crippen LogP contribution in [0.15, 0.2) is 24.3 Å². The number of fused-ring (bicyclic) bond motifs is 1. The van der Waals surface area contributed by atoms with Crippen molar-refractivity contribution in [1.82, 2.24) is 9.80 Å². The van der Waals surface area contributed by atoms with Gasteiger partial charge < -0.3 is 0 Å². The average molecular weight is 293 g/mol. The molecule has 2 aliphatic heterocycles. The third-order valence-corrected chi connectivity index (χ3v) is 5.50. The van der Waals surface area contributed by atoms with E-state index in [0.717, 1.165) is 11.1 Å². The summed E-state index contributed by atoms with van der Waals surface area (Å²) in [5, 5.41) is 0.906. The summed E-state index contributed by atoms with van der Waals surface area (Å²) in [6, 6.07) is 10.2. The van der Waals surface area contributed by atoms with E-state index in [4.69, 9.17) is 11.6 Å². The zero-order valence-corrected chi connectivity index (χ0v) is 13.3. The Labute approximate surface area is 127 Å². The van der Waals surface area contributed by atoms with Crippen LogP contribution < -0.4 is 0 Å². The second kappa shape index (κ2) is 6.05. The van der Waals surface area contributed by atoms with Crippen LogP contribution in [0.5, 0.6) is 0 Å². The molecule has 3 unspecified atom stereocenters. The van der Waals surface area contributed by atoms with Gasteiger partial charge in [-0.15, -0.1) is 0 Å². The highest BCUT2D eigenvalue weighted by Gasteiger charge is 2.37. The SMILES string of the molecule is CCC1CN2CCCC2CN1C(C)c1ccccc1Cl. The van der Waals surface area contributed by atoms with E-state index in [1.54, 1.807) is 0 Å². The molecule has 0 aromatic heterocycles. The fourth-order valence-electron chi connectivity index (χ4n) is 3.94. The lowest BCUT2D eigenvalue weighted by atomic mass is 9.99. The molecule has 2 heterocycles. The van der Waals surface area contributed by atoms with Gasteiger partial charge in [-0.05, 0) is 44.4 Å². The van der Waals surface area contributed by atoms with Gasteiger partial charge in [-0.25, -0.2) is 0 Å². The Balaban J connectivity index is 1.82. The highest BCUT2D eigenvalue weighted by Crippen LogP contribution is 2.34. The molecule has 0 N–H and O–H groups in total. The van der Waals surface area contributed by atoms with Crippen molar-refractivity contribution in [2.45, 2.75) is 51.2 Å². The molecule has 0 bridgehead atoms. The first-order valence-corrected chi connectivity index (χ1v) is 8.32. The van der Waals surface area contributed by atoms with Crippen LogP contribution in [0.3, 0.4) is 0 Å². The summed E-state index contributed by atoms with van der Waals surface area (Å²) >= 11 is 6.40. The maximum atomic E-state index is 6.40. The Bertz CT molecular complexity index is 462. The predicted octanol–water partition coefficient (Wildman–Crippen LogP) is 3.96. The molecule has 0 saturated carbocycles. The van der Waals surface area contributed by atoms with Crippen molar-refractivity contribution in [3.63, 3.8) is 0 Å². The van der Waals surface area contributed by atoms with E-state index < -0.39 is 0 Å². The molecule has 2 saturated heterocycles. The molecule has 20 heavy (non-hydrogen) atoms. The van der Waals surface area contributed by atoms with Crippen LogP contribution in [0.4, 0.5) is 0 Å². The number of hydrogen-bond donors (Lipinski definition) is 0. The van der Waals surface area contributed by atoms with E-state index in [2.05, 4.69) is 35.8 Å². The number of rotatable bonds is 3. The molecular weight excluding hydrogens is 268 g/mol. The van der Waals surface area contributed by atoms with Crippen molar-refractivity contribution in [3.8, 4) is 0 Å². The van der Waals surface area contributed by atoms with Crippen LogP contribution in [0.25, 0.3) is 0 Å². The van der Waals surface area contributed by atoms with Gasteiger partial charge in [0.05, 0.1) is 0 Å². The first kappa shape index (κ1) is 14.4. The highest BCUT2D eigenvalue weighted by atomic mass is 35.5. The fourth-order valence-corrected chi connectivity index (χ4v) is 4.23. The van der Waals surface area contributed by atoms with E-state index in [9.17, 15) is 0 Å². The van der Waals surface area contributed by atoms with Gasteiger partial charge in [0.15, 0.2) is 0 Å². The maximum absolute atomic E-state index is 6.40. The molecule has 0 aliphatic carbocycles. The van der Waals surface area contributed by atoms with Crippen molar-refractivity contribution in [3.05, 3.63) is 34.9 Å². The van der Waals surface area contributed by atoms with E-state index in [-0.39, 0.29) is 0 Å². The van der Waals surface area contributed by atoms with E-state index in [1.165, 1.54) is 44.5 Å². The Morgan fingerprint density at radius 2 is 2.10 bits per heavy atom. The Morgan fingerprint density at radius 1 is 1.30 bits per heavy atom. The van der Waals surface area contributed by atoms with Crippen LogP contribution in [-0.4, -0.2) is 41.5 Å². The highest BCUT2D eigenvalue weighted by molar-refractivity contribution is 6.31. The van der Waals surface area contributed by atoms with Crippen molar-refractivity contribution >= 4 is 11.6 Å². The molecular formula is C17H25ClN2. The third kappa shape index (κ3) is 2.61. The van der Waals surface area contributed by atoms with Crippen LogP contribution in [0.2, 0.25) is 5.02 Å². The molecule has 110 valence electrons. The second-order valence-corrected chi connectivity index (χ2v) is 6.65. The van der Waals surface area contributed by atoms with E-state index >= 15 is 0 Å². The molecule has 2 nitrogen and oxygen atoms in total. The molecule has 2 aliphatic rings. The summed E-state index contributed by atoms with van der Waals surface area (Å²) in [6.07, 6.45) is 3.95. The van der Waals surface area contributed by atoms with Gasteiger partial charge in [0.2, 0.25) is 0 Å². The lowest BCUT2D eigenvalue weighted by Gasteiger charge is -2.46. The van der Waals surface area contributed by atoms with Crippen molar-refractivity contribution < 1.29 is 0 Å². The number of halogens is 1. The number of piperazine rings is 1. The molecule has 1 aromatic carbocycles. The van der Waals surface area contributed by atoms with E-state index in [1.807, 2.05) is 12.1 Å². The molecule has 3 heteroatoms. The van der Waals surface area contributed by atoms with Crippen molar-refractivity contribution in [1.29, 1.82) is 0 Å². The molecule has 1 aromatic rings. The minimum Gasteiger partial charge on any atom is -0.298 e. The normalized spacial score (nSPS) is 29.4. The largest absolute Gasteiger partial charge is 0.298 e. The zero-order valence-electron chi connectivity index (χ0n) is 12.6. The standard InChI is InChI=1S/C17H25ClN2/c1-3-14-11-19-10-6-7-15(19)12-20(14)13(2)16-8-4-5-9-17(16)18/h4-5,8-9,13-15H,3,6-7,10-12H2,1-2H3. The summed E-state index contributed by atoms with van der Waals surface area (Å²) in [4.78, 5) is 5.39. The predicted molar refractivity (Wildman–Crippen MR) is 85.2 cm³/mol. The minimum absolute atomic E-state index is 0.413. The average Bonchev–Trinajstić information content (AvgIpc) is 2.92. The molecule has 2 fully saturated rings. The lowest BCUT2D eigenvalue weighted by molar-refractivity contribution is 0.0227. The van der Waals surface area contributed by atoms with Crippen LogP contribution in [0.1, 0.15) is 44.7 Å². The Hall–Kier alpha value is -0.570. The van der Waals surface area contributed by atoms with Gasteiger partial charge >= 0.3 is 0 Å². The summed E-state index contributed by atoms with van der Waals surface area (Å²) in [5.74, 6) is 0. The quantitative estimate of drug-likeness (QED) is 0.832. The van der Waals surface area contributed by atoms with Gasteiger partial charge in [-0.2, -0.15) is 0 Å². The topological polar surface area (TPSA) is 6.48 Å². The van der Waals surface area contributed by atoms with E-state index in [0.29, 0.717) is 12.1 Å². The monoisotopic (exact) mass is 292 g/mol. The van der Waals surface area contributed by atoms with Gasteiger partial charge in [-0.1, -0.05) is 36.7 Å². The number of benzene rings is 1. The Kier molecular flexibility index (Phi) is 4.34. The molecule has 3 rings (SSSR count). The van der Waals surface area contributed by atoms with Crippen molar-refractivity contribution in [2.75, 3.05) is 19.6 Å². The smallest absolute Gasteiger partial charge is 0.0453 e. The first-order chi connectivity index (χ1) is 9.70. The maximum Gasteiger partial charge on any atom is 0.0453 e. The number of nitrogens with zero attached hydrogens (tertiary/aromatic N) is 2. The molecule has 3 atom stereocenters. The minimum atomic E-state index is 0.413. The van der Waals surface area contributed by atoms with Crippen molar-refractivity contribution in [2.24, 2.45) is 0 Å². The first-order valence-electron chi connectivity index (χ1n) is 7.95. The molecule has 0 radical (unpaired) electrons. The fraction of sp³-hybridized carbons (Fsp3) is 0.647. The van der Waals surface area contributed by atoms with Crippen LogP contribution in [0, 0.1) is 0 Å². The summed E-state index contributed by atoms with van der Waals surface area (Å²) < 4.78 is 0. The second-order valence-electron chi connectivity index (χ2n) is 6.25. The van der Waals surface area contributed by atoms with Gasteiger partial charge in [0.1, 0.15) is 0 Å². The summed E-state index contributed by atoms with van der Waals surface area (Å²) in [6.45, 7) is 8.36. The van der Waals surface area contributed by atoms with Gasteiger partial charge in [0, 0.05) is 36.2 Å². The zero-order chi connectivity index (χ0) is 14.1. The summed E-state index contributed by atoms with van der Waals surface area (Å²) in [7, 11) is 0. The van der Waals surface area contributed by atoms with Gasteiger partial charge in [-0.3, -0.25) is 9.80 Å². The molecule has 0 spiro atoms.